The molecule has 1 aromatic carbocycles. The lowest BCUT2D eigenvalue weighted by atomic mass is 10.2. The van der Waals surface area contributed by atoms with Crippen LogP contribution < -0.4 is 5.32 Å². The summed E-state index contributed by atoms with van der Waals surface area (Å²) in [7, 11) is 3.51. The number of halogens is 1. The number of hydrogen-bond donors (Lipinski definition) is 1. The second kappa shape index (κ2) is 5.90. The number of nitrogens with one attached hydrogen (secondary N) is 1. The first-order valence-corrected chi connectivity index (χ1v) is 7.30. The van der Waals surface area contributed by atoms with Crippen molar-refractivity contribution >= 4 is 38.9 Å². The van der Waals surface area contributed by atoms with Crippen LogP contribution in [0.25, 0.3) is 10.1 Å². The van der Waals surface area contributed by atoms with Crippen molar-refractivity contribution in [2.24, 2.45) is 0 Å². The van der Waals surface area contributed by atoms with Crippen LogP contribution in [0.4, 0.5) is 0 Å². The monoisotopic (exact) mass is 296 g/mol. The van der Waals surface area contributed by atoms with Crippen LogP contribution in [0.3, 0.4) is 0 Å². The van der Waals surface area contributed by atoms with E-state index in [2.05, 4.69) is 11.4 Å². The molecule has 1 heterocycles. The number of benzene rings is 1. The molecule has 0 spiro atoms. The van der Waals surface area contributed by atoms with Gasteiger partial charge in [0.2, 0.25) is 5.91 Å². The average Bonchev–Trinajstić information content (AvgIpc) is 2.72. The molecule has 2 aromatic rings. The fourth-order valence-corrected chi connectivity index (χ4v) is 3.35. The van der Waals surface area contributed by atoms with Crippen molar-refractivity contribution in [3.05, 3.63) is 34.2 Å². The van der Waals surface area contributed by atoms with Gasteiger partial charge in [-0.3, -0.25) is 4.79 Å². The molecule has 0 saturated heterocycles. The molecular weight excluding hydrogens is 280 g/mol. The van der Waals surface area contributed by atoms with Gasteiger partial charge in [-0.1, -0.05) is 29.8 Å². The maximum absolute atomic E-state index is 11.8. The Labute approximate surface area is 122 Å². The summed E-state index contributed by atoms with van der Waals surface area (Å²) in [6.07, 6.45) is 0. The summed E-state index contributed by atoms with van der Waals surface area (Å²) in [5.41, 5.74) is 0. The van der Waals surface area contributed by atoms with Gasteiger partial charge in [0, 0.05) is 35.6 Å². The van der Waals surface area contributed by atoms with E-state index >= 15 is 0 Å². The predicted octanol–water partition coefficient (Wildman–Crippen LogP) is 3.12. The molecule has 102 valence electrons. The summed E-state index contributed by atoms with van der Waals surface area (Å²) in [5, 5.41) is 5.09. The van der Waals surface area contributed by atoms with Crippen molar-refractivity contribution in [1.82, 2.24) is 10.2 Å². The molecule has 1 N–H and O–H groups in total. The van der Waals surface area contributed by atoms with E-state index in [0.29, 0.717) is 6.54 Å². The lowest BCUT2D eigenvalue weighted by molar-refractivity contribution is -0.130. The van der Waals surface area contributed by atoms with Gasteiger partial charge >= 0.3 is 0 Å². The standard InChI is InChI=1S/C14H17ClN2OS/c1-9(14(18)17(2)3)16-8-12-13(15)10-6-4-5-7-11(10)19-12/h4-7,9,16H,8H2,1-3H3. The number of hydrogen-bond acceptors (Lipinski definition) is 3. The Morgan fingerprint density at radius 2 is 2.11 bits per heavy atom. The molecular formula is C14H17ClN2OS. The number of nitrogens with zero attached hydrogens (tertiary/aromatic N) is 1. The highest BCUT2D eigenvalue weighted by Crippen LogP contribution is 2.34. The van der Waals surface area contributed by atoms with Gasteiger partial charge in [-0.05, 0) is 13.0 Å². The van der Waals surface area contributed by atoms with E-state index in [9.17, 15) is 4.79 Å². The second-order valence-electron chi connectivity index (χ2n) is 4.67. The molecule has 0 radical (unpaired) electrons. The normalized spacial score (nSPS) is 12.6. The number of thiophene rings is 1. The van der Waals surface area contributed by atoms with Crippen LogP contribution in [-0.2, 0) is 11.3 Å². The van der Waals surface area contributed by atoms with Crippen LogP contribution in [0.1, 0.15) is 11.8 Å². The highest BCUT2D eigenvalue weighted by atomic mass is 35.5. The molecule has 3 nitrogen and oxygen atoms in total. The summed E-state index contributed by atoms with van der Waals surface area (Å²) in [6.45, 7) is 2.47. The minimum Gasteiger partial charge on any atom is -0.347 e. The Bertz CT molecular complexity index is 594. The van der Waals surface area contributed by atoms with E-state index < -0.39 is 0 Å². The van der Waals surface area contributed by atoms with E-state index in [1.54, 1.807) is 30.3 Å². The Hall–Kier alpha value is -1.10. The van der Waals surface area contributed by atoms with E-state index in [4.69, 9.17) is 11.6 Å². The molecule has 1 amide bonds. The maximum atomic E-state index is 11.8. The molecule has 0 aliphatic rings. The number of carbonyl (C=O) groups excluding carboxylic acids is 1. The van der Waals surface area contributed by atoms with Crippen LogP contribution in [0.5, 0.6) is 0 Å². The van der Waals surface area contributed by atoms with Crippen molar-refractivity contribution in [2.45, 2.75) is 19.5 Å². The first-order chi connectivity index (χ1) is 9.00. The van der Waals surface area contributed by atoms with Crippen molar-refractivity contribution in [2.75, 3.05) is 14.1 Å². The first-order valence-electron chi connectivity index (χ1n) is 6.11. The molecule has 19 heavy (non-hydrogen) atoms. The minimum absolute atomic E-state index is 0.0669. The van der Waals surface area contributed by atoms with Gasteiger partial charge in [-0.15, -0.1) is 11.3 Å². The van der Waals surface area contributed by atoms with Gasteiger partial charge in [-0.25, -0.2) is 0 Å². The molecule has 0 bridgehead atoms. The summed E-state index contributed by atoms with van der Waals surface area (Å²) in [4.78, 5) is 14.4. The molecule has 1 unspecified atom stereocenters. The lowest BCUT2D eigenvalue weighted by Gasteiger charge is -2.17. The Morgan fingerprint density at radius 1 is 1.42 bits per heavy atom. The molecule has 0 aliphatic heterocycles. The maximum Gasteiger partial charge on any atom is 0.238 e. The quantitative estimate of drug-likeness (QED) is 0.940. The van der Waals surface area contributed by atoms with Crippen molar-refractivity contribution in [3.63, 3.8) is 0 Å². The molecule has 0 fully saturated rings. The molecule has 1 aromatic heterocycles. The van der Waals surface area contributed by atoms with Crippen LogP contribution >= 0.6 is 22.9 Å². The molecule has 0 saturated carbocycles. The Balaban J connectivity index is 2.10. The zero-order valence-corrected chi connectivity index (χ0v) is 12.8. The number of carbonyl (C=O) groups is 1. The highest BCUT2D eigenvalue weighted by molar-refractivity contribution is 7.19. The number of amides is 1. The zero-order valence-electron chi connectivity index (χ0n) is 11.2. The van der Waals surface area contributed by atoms with E-state index in [0.717, 1.165) is 15.3 Å². The third-order valence-corrected chi connectivity index (χ3v) is 4.70. The topological polar surface area (TPSA) is 32.3 Å². The van der Waals surface area contributed by atoms with Gasteiger partial charge in [-0.2, -0.15) is 0 Å². The zero-order chi connectivity index (χ0) is 14.0. The number of likely N-dealkylation sites (N-methyl/N-ethyl adjacent to an activating group) is 1. The lowest BCUT2D eigenvalue weighted by Crippen LogP contribution is -2.41. The van der Waals surface area contributed by atoms with E-state index in [1.165, 1.54) is 4.70 Å². The largest absolute Gasteiger partial charge is 0.347 e. The van der Waals surface area contributed by atoms with Gasteiger partial charge in [0.05, 0.1) is 11.1 Å². The Kier molecular flexibility index (Phi) is 4.45. The van der Waals surface area contributed by atoms with Crippen LogP contribution in [0.2, 0.25) is 5.02 Å². The second-order valence-corrected chi connectivity index (χ2v) is 6.19. The molecule has 1 atom stereocenters. The summed E-state index contributed by atoms with van der Waals surface area (Å²) in [6, 6.07) is 7.85. The Morgan fingerprint density at radius 3 is 2.74 bits per heavy atom. The van der Waals surface area contributed by atoms with Gasteiger partial charge in [0.15, 0.2) is 0 Å². The fourth-order valence-electron chi connectivity index (χ4n) is 1.90. The fraction of sp³-hybridized carbons (Fsp3) is 0.357. The van der Waals surface area contributed by atoms with E-state index in [-0.39, 0.29) is 11.9 Å². The van der Waals surface area contributed by atoms with Gasteiger partial charge in [0.25, 0.3) is 0 Å². The van der Waals surface area contributed by atoms with Crippen LogP contribution in [-0.4, -0.2) is 30.9 Å². The van der Waals surface area contributed by atoms with Gasteiger partial charge < -0.3 is 10.2 Å². The predicted molar refractivity (Wildman–Crippen MR) is 81.8 cm³/mol. The SMILES string of the molecule is CC(NCc1sc2ccccc2c1Cl)C(=O)N(C)C. The summed E-state index contributed by atoms with van der Waals surface area (Å²) >= 11 is 8.02. The van der Waals surface area contributed by atoms with Gasteiger partial charge in [0.1, 0.15) is 0 Å². The van der Waals surface area contributed by atoms with E-state index in [1.807, 2.05) is 25.1 Å². The van der Waals surface area contributed by atoms with Crippen molar-refractivity contribution in [3.8, 4) is 0 Å². The smallest absolute Gasteiger partial charge is 0.238 e. The third kappa shape index (κ3) is 3.08. The van der Waals surface area contributed by atoms with Crippen LogP contribution in [0, 0.1) is 0 Å². The number of rotatable bonds is 4. The van der Waals surface area contributed by atoms with Crippen LogP contribution in [0.15, 0.2) is 24.3 Å². The third-order valence-electron chi connectivity index (χ3n) is 2.98. The van der Waals surface area contributed by atoms with Crippen molar-refractivity contribution in [1.29, 1.82) is 0 Å². The number of fused-ring (bicyclic) bond motifs is 1. The molecule has 0 aliphatic carbocycles. The first kappa shape index (κ1) is 14.3. The minimum atomic E-state index is -0.212. The molecule has 5 heteroatoms. The van der Waals surface area contributed by atoms with Crippen molar-refractivity contribution < 1.29 is 4.79 Å². The highest BCUT2D eigenvalue weighted by Gasteiger charge is 2.16. The average molecular weight is 297 g/mol. The molecule has 2 rings (SSSR count). The summed E-state index contributed by atoms with van der Waals surface area (Å²) in [5.74, 6) is 0.0669. The summed E-state index contributed by atoms with van der Waals surface area (Å²) < 4.78 is 1.18.